The zero-order valence-electron chi connectivity index (χ0n) is 14.0. The van der Waals surface area contributed by atoms with Crippen molar-refractivity contribution in [1.82, 2.24) is 15.5 Å². The zero-order chi connectivity index (χ0) is 15.6. The van der Waals surface area contributed by atoms with Gasteiger partial charge in [0.25, 0.3) is 0 Å². The molecule has 1 aliphatic rings. The van der Waals surface area contributed by atoms with Crippen LogP contribution in [0.1, 0.15) is 38.2 Å². The molecule has 0 aliphatic carbocycles. The minimum atomic E-state index is 0.842. The molecule has 2 N–H and O–H groups in total. The Bertz CT molecular complexity index is 430. The number of hydrogen-bond acceptors (Lipinski definition) is 3. The number of rotatable bonds is 7. The summed E-state index contributed by atoms with van der Waals surface area (Å²) in [4.78, 5) is 6.90. The van der Waals surface area contributed by atoms with Crippen molar-refractivity contribution in [2.24, 2.45) is 10.9 Å². The maximum atomic E-state index is 4.27. The van der Waals surface area contributed by atoms with Crippen LogP contribution in [0.4, 0.5) is 0 Å². The van der Waals surface area contributed by atoms with Gasteiger partial charge in [-0.25, -0.2) is 0 Å². The van der Waals surface area contributed by atoms with Crippen molar-refractivity contribution in [3.05, 3.63) is 22.4 Å². The van der Waals surface area contributed by atoms with Crippen LogP contribution in [0.5, 0.6) is 0 Å². The van der Waals surface area contributed by atoms with Gasteiger partial charge < -0.3 is 15.5 Å². The molecule has 0 amide bonds. The molecule has 2 rings (SSSR count). The van der Waals surface area contributed by atoms with Gasteiger partial charge in [-0.05, 0) is 67.1 Å². The fourth-order valence-corrected chi connectivity index (χ4v) is 3.63. The molecule has 4 nitrogen and oxygen atoms in total. The molecular formula is C17H30N4S. The average Bonchev–Trinajstić information content (AvgIpc) is 3.03. The van der Waals surface area contributed by atoms with Crippen molar-refractivity contribution in [1.29, 1.82) is 0 Å². The van der Waals surface area contributed by atoms with E-state index < -0.39 is 0 Å². The second-order valence-electron chi connectivity index (χ2n) is 6.24. The summed E-state index contributed by atoms with van der Waals surface area (Å²) in [7, 11) is 1.83. The second-order valence-corrected chi connectivity index (χ2v) is 7.02. The number of aliphatic imine (C=N–C) groups is 1. The molecule has 0 radical (unpaired) electrons. The first-order chi connectivity index (χ1) is 10.8. The van der Waals surface area contributed by atoms with Gasteiger partial charge in [0, 0.05) is 26.7 Å². The van der Waals surface area contributed by atoms with Crippen LogP contribution in [0, 0.1) is 5.92 Å². The molecule has 124 valence electrons. The van der Waals surface area contributed by atoms with Gasteiger partial charge in [-0.3, -0.25) is 4.99 Å². The van der Waals surface area contributed by atoms with Crippen LogP contribution in [-0.4, -0.2) is 44.1 Å². The molecule has 1 atom stereocenters. The molecule has 22 heavy (non-hydrogen) atoms. The number of unbranched alkanes of at least 4 members (excludes halogenated alkanes) is 1. The van der Waals surface area contributed by atoms with Gasteiger partial charge in [-0.1, -0.05) is 6.92 Å². The largest absolute Gasteiger partial charge is 0.356 e. The lowest BCUT2D eigenvalue weighted by atomic mass is 10.0. The summed E-state index contributed by atoms with van der Waals surface area (Å²) in [5, 5.41) is 11.0. The summed E-state index contributed by atoms with van der Waals surface area (Å²) in [6.07, 6.45) is 5.24. The molecule has 0 spiro atoms. The summed E-state index contributed by atoms with van der Waals surface area (Å²) >= 11 is 1.73. The van der Waals surface area contributed by atoms with E-state index in [0.717, 1.165) is 25.0 Å². The van der Waals surface area contributed by atoms with Gasteiger partial charge in [-0.2, -0.15) is 11.3 Å². The van der Waals surface area contributed by atoms with E-state index >= 15 is 0 Å². The number of likely N-dealkylation sites (tertiary alicyclic amines) is 1. The van der Waals surface area contributed by atoms with Crippen LogP contribution in [0.2, 0.25) is 0 Å². The van der Waals surface area contributed by atoms with Gasteiger partial charge >= 0.3 is 0 Å². The fraction of sp³-hybridized carbons (Fsp3) is 0.706. The second kappa shape index (κ2) is 9.85. The number of nitrogens with zero attached hydrogens (tertiary/aromatic N) is 2. The van der Waals surface area contributed by atoms with Gasteiger partial charge in [0.2, 0.25) is 0 Å². The lowest BCUT2D eigenvalue weighted by Crippen LogP contribution is -2.38. The molecule has 0 aromatic carbocycles. The molecule has 1 aromatic heterocycles. The lowest BCUT2D eigenvalue weighted by molar-refractivity contribution is 0.181. The summed E-state index contributed by atoms with van der Waals surface area (Å²) < 4.78 is 0. The zero-order valence-corrected chi connectivity index (χ0v) is 14.8. The van der Waals surface area contributed by atoms with E-state index in [0.29, 0.717) is 0 Å². The van der Waals surface area contributed by atoms with Crippen LogP contribution < -0.4 is 10.6 Å². The van der Waals surface area contributed by atoms with Crippen LogP contribution in [-0.2, 0) is 6.54 Å². The first-order valence-electron chi connectivity index (χ1n) is 8.46. The fourth-order valence-electron chi connectivity index (χ4n) is 2.96. The lowest BCUT2D eigenvalue weighted by Gasteiger charge is -2.30. The van der Waals surface area contributed by atoms with Crippen molar-refractivity contribution in [2.75, 3.05) is 33.2 Å². The maximum absolute atomic E-state index is 4.27. The smallest absolute Gasteiger partial charge is 0.191 e. The Labute approximate surface area is 139 Å². The third-order valence-corrected chi connectivity index (χ3v) is 4.93. The van der Waals surface area contributed by atoms with E-state index in [2.05, 4.69) is 44.3 Å². The monoisotopic (exact) mass is 322 g/mol. The highest BCUT2D eigenvalue weighted by Gasteiger charge is 2.15. The number of piperidine rings is 1. The molecule has 5 heteroatoms. The Morgan fingerprint density at radius 1 is 1.41 bits per heavy atom. The number of hydrogen-bond donors (Lipinski definition) is 2. The Kier molecular flexibility index (Phi) is 7.74. The van der Waals surface area contributed by atoms with Crippen LogP contribution in [0.3, 0.4) is 0 Å². The minimum absolute atomic E-state index is 0.842. The van der Waals surface area contributed by atoms with Crippen LogP contribution in [0.15, 0.2) is 21.8 Å². The van der Waals surface area contributed by atoms with Gasteiger partial charge in [-0.15, -0.1) is 0 Å². The molecule has 1 aliphatic heterocycles. The van der Waals surface area contributed by atoms with Crippen molar-refractivity contribution < 1.29 is 0 Å². The summed E-state index contributed by atoms with van der Waals surface area (Å²) in [6.45, 7) is 8.03. The predicted molar refractivity (Wildman–Crippen MR) is 96.6 cm³/mol. The van der Waals surface area contributed by atoms with Crippen LogP contribution >= 0.6 is 11.3 Å². The molecule has 2 heterocycles. The molecule has 1 saturated heterocycles. The Morgan fingerprint density at radius 2 is 2.32 bits per heavy atom. The van der Waals surface area contributed by atoms with Crippen molar-refractivity contribution >= 4 is 17.3 Å². The minimum Gasteiger partial charge on any atom is -0.356 e. The average molecular weight is 323 g/mol. The van der Waals surface area contributed by atoms with Crippen molar-refractivity contribution in [3.8, 4) is 0 Å². The number of nitrogens with one attached hydrogen (secondary N) is 2. The summed E-state index contributed by atoms with van der Waals surface area (Å²) in [5.41, 5.74) is 1.31. The first-order valence-corrected chi connectivity index (χ1v) is 9.40. The quantitative estimate of drug-likeness (QED) is 0.461. The Hall–Kier alpha value is -1.07. The number of thiophene rings is 1. The van der Waals surface area contributed by atoms with E-state index in [1.54, 1.807) is 11.3 Å². The van der Waals surface area contributed by atoms with E-state index in [1.165, 1.54) is 50.9 Å². The number of guanidine groups is 1. The predicted octanol–water partition coefficient (Wildman–Crippen LogP) is 2.93. The van der Waals surface area contributed by atoms with Crippen LogP contribution in [0.25, 0.3) is 0 Å². The first kappa shape index (κ1) is 17.3. The topological polar surface area (TPSA) is 39.7 Å². The SMILES string of the molecule is CN=C(NCCCCN1CCCC(C)C1)NCc1ccsc1. The van der Waals surface area contributed by atoms with Crippen molar-refractivity contribution in [2.45, 2.75) is 39.2 Å². The summed E-state index contributed by atoms with van der Waals surface area (Å²) in [5.74, 6) is 1.78. The summed E-state index contributed by atoms with van der Waals surface area (Å²) in [6, 6.07) is 2.14. The molecule has 0 bridgehead atoms. The molecule has 1 fully saturated rings. The maximum Gasteiger partial charge on any atom is 0.191 e. The van der Waals surface area contributed by atoms with Gasteiger partial charge in [0.1, 0.15) is 0 Å². The van der Waals surface area contributed by atoms with E-state index in [9.17, 15) is 0 Å². The highest BCUT2D eigenvalue weighted by Crippen LogP contribution is 2.15. The van der Waals surface area contributed by atoms with E-state index in [1.807, 2.05) is 7.05 Å². The third-order valence-electron chi connectivity index (χ3n) is 4.20. The van der Waals surface area contributed by atoms with Gasteiger partial charge in [0.05, 0.1) is 0 Å². The molecule has 1 unspecified atom stereocenters. The molecular weight excluding hydrogens is 292 g/mol. The Morgan fingerprint density at radius 3 is 3.05 bits per heavy atom. The normalized spacial score (nSPS) is 20.1. The molecule has 0 saturated carbocycles. The highest BCUT2D eigenvalue weighted by molar-refractivity contribution is 7.07. The standard InChI is InChI=1S/C17H30N4S/c1-15-6-5-10-21(13-15)9-4-3-8-19-17(18-2)20-12-16-7-11-22-14-16/h7,11,14-15H,3-6,8-10,12-13H2,1-2H3,(H2,18,19,20). The van der Waals surface area contributed by atoms with E-state index in [-0.39, 0.29) is 0 Å². The van der Waals surface area contributed by atoms with Gasteiger partial charge in [0.15, 0.2) is 5.96 Å². The van der Waals surface area contributed by atoms with Crippen molar-refractivity contribution in [3.63, 3.8) is 0 Å². The molecule has 1 aromatic rings. The third kappa shape index (κ3) is 6.36. The van der Waals surface area contributed by atoms with E-state index in [4.69, 9.17) is 0 Å². The Balaban J connectivity index is 1.53. The highest BCUT2D eigenvalue weighted by atomic mass is 32.1.